The quantitative estimate of drug-likeness (QED) is 0.546. The Morgan fingerprint density at radius 2 is 1.89 bits per heavy atom. The summed E-state index contributed by atoms with van der Waals surface area (Å²) in [4.78, 5) is 0. The zero-order valence-electron chi connectivity index (χ0n) is 11.2. The third kappa shape index (κ3) is 6.68. The lowest BCUT2D eigenvalue weighted by Gasteiger charge is -2.05. The molecular weight excluding hydrogens is 267 g/mol. The van der Waals surface area contributed by atoms with Crippen molar-refractivity contribution >= 4 is 11.4 Å². The molecule has 0 spiro atoms. The third-order valence-corrected chi connectivity index (χ3v) is 3.33. The van der Waals surface area contributed by atoms with Gasteiger partial charge in [-0.3, -0.25) is 4.55 Å². The first-order chi connectivity index (χ1) is 9.13. The minimum atomic E-state index is -2.41. The highest BCUT2D eigenvalue weighted by Gasteiger charge is 2.06. The van der Waals surface area contributed by atoms with Gasteiger partial charge in [0.05, 0.1) is 0 Å². The maximum Gasteiger partial charge on any atom is 0.357 e. The van der Waals surface area contributed by atoms with Gasteiger partial charge in [0.15, 0.2) is 0 Å². The van der Waals surface area contributed by atoms with Crippen LogP contribution in [0.3, 0.4) is 0 Å². The molecule has 0 aliphatic rings. The molecule has 1 aromatic rings. The van der Waals surface area contributed by atoms with E-state index in [2.05, 4.69) is 11.1 Å². The van der Waals surface area contributed by atoms with Crippen LogP contribution >= 0.6 is 0 Å². The maximum absolute atomic E-state index is 13.7. The van der Waals surface area contributed by atoms with Crippen LogP contribution in [0, 0.1) is 5.82 Å². The summed E-state index contributed by atoms with van der Waals surface area (Å²) in [6.45, 7) is 2.18. The van der Waals surface area contributed by atoms with Crippen molar-refractivity contribution in [2.24, 2.45) is 0 Å². The topological polar surface area (TPSA) is 46.5 Å². The Morgan fingerprint density at radius 3 is 2.53 bits per heavy atom. The molecule has 0 saturated carbocycles. The number of hydrogen-bond acceptors (Lipinski definition) is 2. The zero-order valence-corrected chi connectivity index (χ0v) is 12.0. The molecule has 1 atom stereocenters. The molecule has 0 bridgehead atoms. The molecule has 1 rings (SSSR count). The van der Waals surface area contributed by atoms with Crippen molar-refractivity contribution in [1.29, 1.82) is 0 Å². The van der Waals surface area contributed by atoms with E-state index in [0.717, 1.165) is 18.9 Å². The Labute approximate surface area is 116 Å². The van der Waals surface area contributed by atoms with Crippen LogP contribution in [-0.4, -0.2) is 8.76 Å². The van der Waals surface area contributed by atoms with E-state index in [-0.39, 0.29) is 11.6 Å². The fraction of sp³-hybridized carbons (Fsp3) is 0.571. The first-order valence-corrected chi connectivity index (χ1v) is 7.74. The summed E-state index contributed by atoms with van der Waals surface area (Å²) >= 11 is -2.41. The predicted octanol–water partition coefficient (Wildman–Crippen LogP) is 4.24. The lowest BCUT2D eigenvalue weighted by atomic mass is 10.0. The van der Waals surface area contributed by atoms with Crippen LogP contribution in [0.4, 0.5) is 4.39 Å². The smallest absolute Gasteiger partial charge is 0.357 e. The molecule has 0 aliphatic carbocycles. The molecule has 3 nitrogen and oxygen atoms in total. The first kappa shape index (κ1) is 16.1. The summed E-state index contributed by atoms with van der Waals surface area (Å²) in [6, 6.07) is 4.29. The van der Waals surface area contributed by atoms with Crippen LogP contribution in [0.1, 0.15) is 51.0 Å². The molecule has 0 aromatic heterocycles. The molecular formula is C14H21FO3S. The molecule has 1 unspecified atom stereocenters. The van der Waals surface area contributed by atoms with Crippen molar-refractivity contribution in [3.8, 4) is 5.75 Å². The third-order valence-electron chi connectivity index (χ3n) is 2.99. The van der Waals surface area contributed by atoms with Gasteiger partial charge in [-0.25, -0.2) is 4.39 Å². The number of hydrogen-bond donors (Lipinski definition) is 1. The van der Waals surface area contributed by atoms with E-state index < -0.39 is 11.4 Å². The van der Waals surface area contributed by atoms with Crippen LogP contribution in [0.2, 0.25) is 0 Å². The lowest BCUT2D eigenvalue weighted by molar-refractivity contribution is 0.455. The minimum Gasteiger partial charge on any atom is -0.380 e. The second-order valence-corrected chi connectivity index (χ2v) is 5.17. The highest BCUT2D eigenvalue weighted by atomic mass is 32.2. The summed E-state index contributed by atoms with van der Waals surface area (Å²) in [5.41, 5.74) is 0.631. The van der Waals surface area contributed by atoms with Crippen molar-refractivity contribution in [3.63, 3.8) is 0 Å². The fourth-order valence-electron chi connectivity index (χ4n) is 1.96. The van der Waals surface area contributed by atoms with Gasteiger partial charge in [-0.1, -0.05) is 45.1 Å². The molecule has 108 valence electrons. The van der Waals surface area contributed by atoms with E-state index in [0.29, 0.717) is 12.0 Å². The standard InChI is InChI=1S/C14H21FO3S/c1-2-3-4-5-6-7-8-12-9-10-13(11-14(12)15)18-19(16)17/h9-11H,2-8H2,1H3,(H,16,17). The van der Waals surface area contributed by atoms with Gasteiger partial charge in [0.25, 0.3) is 0 Å². The second-order valence-electron chi connectivity index (χ2n) is 4.57. The molecule has 5 heteroatoms. The number of benzene rings is 1. The molecule has 0 radical (unpaired) electrons. The highest BCUT2D eigenvalue weighted by Crippen LogP contribution is 2.19. The normalized spacial score (nSPS) is 12.4. The monoisotopic (exact) mass is 288 g/mol. The number of halogens is 1. The van der Waals surface area contributed by atoms with Crippen LogP contribution in [0.25, 0.3) is 0 Å². The number of unbranched alkanes of at least 4 members (excludes halogenated alkanes) is 5. The molecule has 0 amide bonds. The molecule has 0 fully saturated rings. The van der Waals surface area contributed by atoms with Gasteiger partial charge < -0.3 is 4.18 Å². The van der Waals surface area contributed by atoms with Gasteiger partial charge in [0.1, 0.15) is 11.6 Å². The summed E-state index contributed by atoms with van der Waals surface area (Å²) in [7, 11) is 0. The number of rotatable bonds is 9. The van der Waals surface area contributed by atoms with Crippen LogP contribution < -0.4 is 4.18 Å². The van der Waals surface area contributed by atoms with Crippen LogP contribution in [-0.2, 0) is 17.8 Å². The Morgan fingerprint density at radius 1 is 1.21 bits per heavy atom. The Bertz CT molecular complexity index is 410. The van der Waals surface area contributed by atoms with E-state index in [9.17, 15) is 8.60 Å². The Kier molecular flexibility index (Phi) is 7.67. The zero-order chi connectivity index (χ0) is 14.1. The van der Waals surface area contributed by atoms with E-state index in [1.165, 1.54) is 31.7 Å². The Hall–Kier alpha value is -0.940. The van der Waals surface area contributed by atoms with E-state index in [4.69, 9.17) is 4.55 Å². The van der Waals surface area contributed by atoms with Crippen molar-refractivity contribution in [2.45, 2.75) is 51.9 Å². The van der Waals surface area contributed by atoms with E-state index in [1.54, 1.807) is 6.07 Å². The first-order valence-electron chi connectivity index (χ1n) is 6.71. The van der Waals surface area contributed by atoms with Crippen molar-refractivity contribution in [2.75, 3.05) is 0 Å². The van der Waals surface area contributed by atoms with Crippen LogP contribution in [0.5, 0.6) is 5.75 Å². The maximum atomic E-state index is 13.7. The number of aryl methyl sites for hydroxylation is 1. The molecule has 0 aliphatic heterocycles. The van der Waals surface area contributed by atoms with Gasteiger partial charge in [-0.05, 0) is 24.5 Å². The van der Waals surface area contributed by atoms with E-state index >= 15 is 0 Å². The molecule has 1 aromatic carbocycles. The SMILES string of the molecule is CCCCCCCCc1ccc(OS(=O)O)cc1F. The molecule has 1 N–H and O–H groups in total. The summed E-state index contributed by atoms with van der Waals surface area (Å²) in [6.07, 6.45) is 7.70. The van der Waals surface area contributed by atoms with Gasteiger partial charge in [-0.2, -0.15) is 4.21 Å². The largest absolute Gasteiger partial charge is 0.380 e. The Balaban J connectivity index is 2.36. The minimum absolute atomic E-state index is 0.0741. The average Bonchev–Trinajstić information content (AvgIpc) is 2.35. The molecule has 19 heavy (non-hydrogen) atoms. The lowest BCUT2D eigenvalue weighted by Crippen LogP contribution is -1.99. The van der Waals surface area contributed by atoms with Gasteiger partial charge in [0, 0.05) is 6.07 Å². The molecule has 0 saturated heterocycles. The van der Waals surface area contributed by atoms with E-state index in [1.807, 2.05) is 0 Å². The second kappa shape index (κ2) is 9.04. The van der Waals surface area contributed by atoms with Crippen LogP contribution in [0.15, 0.2) is 18.2 Å². The molecule has 0 heterocycles. The van der Waals surface area contributed by atoms with Crippen molar-refractivity contribution in [1.82, 2.24) is 0 Å². The van der Waals surface area contributed by atoms with Crippen molar-refractivity contribution < 1.29 is 17.3 Å². The summed E-state index contributed by atoms with van der Waals surface area (Å²) in [5.74, 6) is -0.304. The van der Waals surface area contributed by atoms with Gasteiger partial charge >= 0.3 is 11.4 Å². The summed E-state index contributed by atoms with van der Waals surface area (Å²) in [5, 5.41) is 0. The summed E-state index contributed by atoms with van der Waals surface area (Å²) < 4.78 is 37.1. The fourth-order valence-corrected chi connectivity index (χ4v) is 2.23. The van der Waals surface area contributed by atoms with Gasteiger partial charge in [0.2, 0.25) is 0 Å². The highest BCUT2D eigenvalue weighted by molar-refractivity contribution is 7.74. The van der Waals surface area contributed by atoms with Gasteiger partial charge in [-0.15, -0.1) is 0 Å². The van der Waals surface area contributed by atoms with Crippen molar-refractivity contribution in [3.05, 3.63) is 29.6 Å². The predicted molar refractivity (Wildman–Crippen MR) is 74.9 cm³/mol. The average molecular weight is 288 g/mol.